The fraction of sp³-hybridized carbons (Fsp3) is 0.444. The molecule has 1 fully saturated rings. The lowest BCUT2D eigenvalue weighted by Crippen LogP contribution is -2.25. The van der Waals surface area contributed by atoms with Crippen molar-refractivity contribution in [3.05, 3.63) is 42.2 Å². The van der Waals surface area contributed by atoms with Gasteiger partial charge in [0.2, 0.25) is 0 Å². The van der Waals surface area contributed by atoms with Gasteiger partial charge in [-0.2, -0.15) is 0 Å². The highest BCUT2D eigenvalue weighted by Crippen LogP contribution is 2.32. The summed E-state index contributed by atoms with van der Waals surface area (Å²) in [5.41, 5.74) is 3.54. The first-order valence-electron chi connectivity index (χ1n) is 8.17. The van der Waals surface area contributed by atoms with Gasteiger partial charge in [0.15, 0.2) is 0 Å². The Balaban J connectivity index is 1.87. The van der Waals surface area contributed by atoms with Gasteiger partial charge in [0.1, 0.15) is 0 Å². The molecular weight excluding hydrogens is 272 g/mol. The van der Waals surface area contributed by atoms with Crippen molar-refractivity contribution >= 4 is 14.0 Å². The Hall–Kier alpha value is -1.48. The van der Waals surface area contributed by atoms with Crippen LogP contribution in [0.5, 0.6) is 0 Å². The molecule has 21 heavy (non-hydrogen) atoms. The number of nitrogens with zero attached hydrogens (tertiary/aromatic N) is 2. The van der Waals surface area contributed by atoms with Gasteiger partial charge in [0.05, 0.1) is 20.2 Å². The topological polar surface area (TPSA) is 25.8 Å². The second kappa shape index (κ2) is 6.52. The third-order valence-electron chi connectivity index (χ3n) is 4.57. The molecule has 110 valence electrons. The van der Waals surface area contributed by atoms with Gasteiger partial charge in [-0.25, -0.2) is 0 Å². The number of aromatic nitrogens is 2. The highest BCUT2D eigenvalue weighted by molar-refractivity contribution is 6.72. The van der Waals surface area contributed by atoms with E-state index < -0.39 is 8.80 Å². The molecule has 1 aliphatic carbocycles. The summed E-state index contributed by atoms with van der Waals surface area (Å²) in [6, 6.07) is 8.71. The Kier molecular flexibility index (Phi) is 4.49. The summed E-state index contributed by atoms with van der Waals surface area (Å²) in [4.78, 5) is 9.31. The summed E-state index contributed by atoms with van der Waals surface area (Å²) in [6.45, 7) is 4.69. The molecule has 2 nitrogen and oxygen atoms in total. The third kappa shape index (κ3) is 3.23. The maximum atomic E-state index is 4.73. The molecular formula is C18H24N2Si. The van der Waals surface area contributed by atoms with Crippen LogP contribution < -0.4 is 5.19 Å². The number of pyridine rings is 2. The first-order chi connectivity index (χ1) is 10.3. The van der Waals surface area contributed by atoms with Gasteiger partial charge in [-0.15, -0.1) is 0 Å². The zero-order chi connectivity index (χ0) is 14.7. The van der Waals surface area contributed by atoms with Crippen molar-refractivity contribution in [2.75, 3.05) is 0 Å². The second-order valence-corrected chi connectivity index (χ2v) is 9.34. The standard InChI is InChI=1S/C18H24N2Si/c1-21(2)17-9-6-12-19-18(17)16-11-10-15(13-20-16)14-7-4-3-5-8-14/h6,9-14,21H,3-5,7-8H2,1-2H3. The van der Waals surface area contributed by atoms with E-state index >= 15 is 0 Å². The van der Waals surface area contributed by atoms with E-state index in [4.69, 9.17) is 4.98 Å². The average Bonchev–Trinajstić information content (AvgIpc) is 2.56. The molecule has 2 aromatic heterocycles. The van der Waals surface area contributed by atoms with Gasteiger partial charge in [-0.05, 0) is 41.6 Å². The smallest absolute Gasteiger partial charge is 0.0885 e. The van der Waals surface area contributed by atoms with Crippen molar-refractivity contribution in [1.82, 2.24) is 9.97 Å². The fourth-order valence-corrected chi connectivity index (χ4v) is 4.59. The van der Waals surface area contributed by atoms with Crippen LogP contribution >= 0.6 is 0 Å². The monoisotopic (exact) mass is 296 g/mol. The molecule has 1 aliphatic rings. The van der Waals surface area contributed by atoms with E-state index in [-0.39, 0.29) is 0 Å². The number of hydrogen-bond acceptors (Lipinski definition) is 2. The summed E-state index contributed by atoms with van der Waals surface area (Å²) in [5, 5.41) is 1.41. The van der Waals surface area contributed by atoms with Gasteiger partial charge in [0.25, 0.3) is 0 Å². The summed E-state index contributed by atoms with van der Waals surface area (Å²) in [5.74, 6) is 0.725. The predicted molar refractivity (Wildman–Crippen MR) is 91.8 cm³/mol. The molecule has 1 saturated carbocycles. The van der Waals surface area contributed by atoms with Crippen molar-refractivity contribution in [3.8, 4) is 11.4 Å². The predicted octanol–water partition coefficient (Wildman–Crippen LogP) is 3.89. The van der Waals surface area contributed by atoms with Crippen molar-refractivity contribution in [2.45, 2.75) is 51.1 Å². The Bertz CT molecular complexity index is 586. The minimum absolute atomic E-state index is 0.725. The first kappa shape index (κ1) is 14.5. The van der Waals surface area contributed by atoms with E-state index in [2.05, 4.69) is 42.5 Å². The zero-order valence-corrected chi connectivity index (χ0v) is 14.2. The van der Waals surface area contributed by atoms with Gasteiger partial charge >= 0.3 is 0 Å². The van der Waals surface area contributed by atoms with Crippen LogP contribution in [-0.4, -0.2) is 18.8 Å². The van der Waals surface area contributed by atoms with Crippen LogP contribution in [0, 0.1) is 0 Å². The summed E-state index contributed by atoms with van der Waals surface area (Å²) >= 11 is 0. The Morgan fingerprint density at radius 3 is 2.48 bits per heavy atom. The van der Waals surface area contributed by atoms with Crippen molar-refractivity contribution in [1.29, 1.82) is 0 Å². The SMILES string of the molecule is C[SiH](C)c1cccnc1-c1ccc(C2CCCCC2)cn1. The summed E-state index contributed by atoms with van der Waals surface area (Å²) < 4.78 is 0. The van der Waals surface area contributed by atoms with Crippen LogP contribution in [0.2, 0.25) is 13.1 Å². The van der Waals surface area contributed by atoms with E-state index in [1.165, 1.54) is 42.9 Å². The fourth-order valence-electron chi connectivity index (χ4n) is 3.32. The van der Waals surface area contributed by atoms with Crippen LogP contribution in [0.25, 0.3) is 11.4 Å². The second-order valence-electron chi connectivity index (χ2n) is 6.41. The van der Waals surface area contributed by atoms with Crippen LogP contribution in [0.1, 0.15) is 43.6 Å². The van der Waals surface area contributed by atoms with Crippen LogP contribution in [0.15, 0.2) is 36.7 Å². The molecule has 0 N–H and O–H groups in total. The van der Waals surface area contributed by atoms with E-state index in [1.807, 2.05) is 12.3 Å². The van der Waals surface area contributed by atoms with E-state index in [9.17, 15) is 0 Å². The van der Waals surface area contributed by atoms with E-state index in [0.29, 0.717) is 0 Å². The van der Waals surface area contributed by atoms with Crippen LogP contribution in [0.3, 0.4) is 0 Å². The molecule has 2 aromatic rings. The van der Waals surface area contributed by atoms with Crippen molar-refractivity contribution < 1.29 is 0 Å². The van der Waals surface area contributed by atoms with Gasteiger partial charge < -0.3 is 0 Å². The van der Waals surface area contributed by atoms with Crippen molar-refractivity contribution in [2.24, 2.45) is 0 Å². The van der Waals surface area contributed by atoms with Gasteiger partial charge in [-0.3, -0.25) is 9.97 Å². The van der Waals surface area contributed by atoms with E-state index in [0.717, 1.165) is 17.3 Å². The minimum atomic E-state index is -0.881. The summed E-state index contributed by atoms with van der Waals surface area (Å²) in [6.07, 6.45) is 10.8. The maximum absolute atomic E-state index is 4.73. The number of hydrogen-bond donors (Lipinski definition) is 0. The molecule has 0 aliphatic heterocycles. The lowest BCUT2D eigenvalue weighted by molar-refractivity contribution is 0.443. The molecule has 3 heteroatoms. The maximum Gasteiger partial charge on any atom is 0.0885 e. The van der Waals surface area contributed by atoms with Crippen molar-refractivity contribution in [3.63, 3.8) is 0 Å². The Labute approximate surface area is 129 Å². The van der Waals surface area contributed by atoms with Crippen LogP contribution in [-0.2, 0) is 0 Å². The molecule has 0 unspecified atom stereocenters. The molecule has 0 spiro atoms. The quantitative estimate of drug-likeness (QED) is 0.803. The van der Waals surface area contributed by atoms with Gasteiger partial charge in [0, 0.05) is 12.4 Å². The lowest BCUT2D eigenvalue weighted by Gasteiger charge is -2.21. The zero-order valence-electron chi connectivity index (χ0n) is 13.0. The van der Waals surface area contributed by atoms with Gasteiger partial charge in [-0.1, -0.05) is 44.5 Å². The molecule has 0 bridgehead atoms. The molecule has 3 rings (SSSR count). The molecule has 0 aromatic carbocycles. The van der Waals surface area contributed by atoms with E-state index in [1.54, 1.807) is 0 Å². The molecule has 0 radical (unpaired) electrons. The minimum Gasteiger partial charge on any atom is -0.255 e. The molecule has 0 atom stereocenters. The Morgan fingerprint density at radius 2 is 1.81 bits per heavy atom. The largest absolute Gasteiger partial charge is 0.255 e. The average molecular weight is 296 g/mol. The molecule has 0 amide bonds. The first-order valence-corrected chi connectivity index (χ1v) is 11.1. The highest BCUT2D eigenvalue weighted by Gasteiger charge is 2.16. The highest BCUT2D eigenvalue weighted by atomic mass is 28.3. The lowest BCUT2D eigenvalue weighted by atomic mass is 9.85. The summed E-state index contributed by atoms with van der Waals surface area (Å²) in [7, 11) is -0.881. The van der Waals surface area contributed by atoms with Crippen LogP contribution in [0.4, 0.5) is 0 Å². The molecule has 2 heterocycles. The Morgan fingerprint density at radius 1 is 1.00 bits per heavy atom. The molecule has 0 saturated heterocycles. The third-order valence-corrected chi connectivity index (χ3v) is 6.28. The number of rotatable bonds is 3. The normalized spacial score (nSPS) is 16.3.